The van der Waals surface area contributed by atoms with Crippen LogP contribution in [0.2, 0.25) is 0 Å². The molecule has 3 rings (SSSR count). The molecule has 0 bridgehead atoms. The van der Waals surface area contributed by atoms with Crippen LogP contribution in [-0.4, -0.2) is 29.7 Å². The van der Waals surface area contributed by atoms with Gasteiger partial charge in [0, 0.05) is 11.1 Å². The van der Waals surface area contributed by atoms with Crippen LogP contribution in [0, 0.1) is 6.92 Å². The van der Waals surface area contributed by atoms with Gasteiger partial charge in [0.15, 0.2) is 0 Å². The van der Waals surface area contributed by atoms with Gasteiger partial charge in [-0.15, -0.1) is 0 Å². The molecule has 0 spiro atoms. The number of nitrogens with one attached hydrogen (secondary N) is 1. The van der Waals surface area contributed by atoms with Gasteiger partial charge in [0.05, 0.1) is 19.9 Å². The zero-order valence-corrected chi connectivity index (χ0v) is 14.5. The molecule has 5 heteroatoms. The Hall–Kier alpha value is -3.08. The van der Waals surface area contributed by atoms with Crippen molar-refractivity contribution in [3.63, 3.8) is 0 Å². The smallest absolute Gasteiger partial charge is 0.356 e. The summed E-state index contributed by atoms with van der Waals surface area (Å²) in [6, 6.07) is 13.9. The van der Waals surface area contributed by atoms with Crippen LogP contribution < -0.4 is 4.74 Å². The first kappa shape index (κ1) is 16.8. The minimum absolute atomic E-state index is 0.329. The molecular formula is C20H20N2O3. The maximum Gasteiger partial charge on any atom is 0.356 e. The van der Waals surface area contributed by atoms with Gasteiger partial charge in [-0.3, -0.25) is 0 Å². The highest BCUT2D eigenvalue weighted by molar-refractivity contribution is 5.88. The largest absolute Gasteiger partial charge is 0.496 e. The Morgan fingerprint density at radius 1 is 1.16 bits per heavy atom. The van der Waals surface area contributed by atoms with Crippen LogP contribution in [0.1, 0.15) is 23.0 Å². The van der Waals surface area contributed by atoms with Gasteiger partial charge >= 0.3 is 5.97 Å². The van der Waals surface area contributed by atoms with Crippen molar-refractivity contribution < 1.29 is 14.3 Å². The average molecular weight is 336 g/mol. The Morgan fingerprint density at radius 2 is 1.96 bits per heavy atom. The summed E-state index contributed by atoms with van der Waals surface area (Å²) in [4.78, 5) is 19.1. The standard InChI is InChI=1S/C20H20N2O3/c1-4-25-20(23)17-12-21-19(22-17)14-10-9-13(2)16(11-14)15-7-5-6-8-18(15)24-3/h5-12H,4H2,1-3H3,(H,21,22). The molecule has 0 amide bonds. The number of methoxy groups -OCH3 is 1. The van der Waals surface area contributed by atoms with Crippen LogP contribution in [0.5, 0.6) is 5.75 Å². The van der Waals surface area contributed by atoms with Crippen LogP contribution in [0.15, 0.2) is 48.7 Å². The van der Waals surface area contributed by atoms with Crippen molar-refractivity contribution in [2.24, 2.45) is 0 Å². The number of aryl methyl sites for hydroxylation is 1. The monoisotopic (exact) mass is 336 g/mol. The molecule has 0 saturated carbocycles. The van der Waals surface area contributed by atoms with Crippen LogP contribution in [0.25, 0.3) is 22.5 Å². The Balaban J connectivity index is 2.01. The van der Waals surface area contributed by atoms with E-state index < -0.39 is 5.97 Å². The van der Waals surface area contributed by atoms with Gasteiger partial charge in [-0.1, -0.05) is 30.3 Å². The number of hydrogen-bond acceptors (Lipinski definition) is 4. The molecule has 2 aromatic carbocycles. The van der Waals surface area contributed by atoms with E-state index in [0.29, 0.717) is 18.1 Å². The van der Waals surface area contributed by atoms with Gasteiger partial charge in [-0.2, -0.15) is 0 Å². The highest BCUT2D eigenvalue weighted by atomic mass is 16.5. The summed E-state index contributed by atoms with van der Waals surface area (Å²) in [6.45, 7) is 4.15. The van der Waals surface area contributed by atoms with Crippen LogP contribution in [0.3, 0.4) is 0 Å². The first-order chi connectivity index (χ1) is 12.1. The van der Waals surface area contributed by atoms with Crippen molar-refractivity contribution >= 4 is 5.97 Å². The molecule has 0 aliphatic carbocycles. The second-order valence-corrected chi connectivity index (χ2v) is 5.60. The molecule has 0 fully saturated rings. The van der Waals surface area contributed by atoms with Crippen molar-refractivity contribution in [3.8, 4) is 28.3 Å². The third-order valence-electron chi connectivity index (χ3n) is 3.98. The molecule has 25 heavy (non-hydrogen) atoms. The topological polar surface area (TPSA) is 64.2 Å². The minimum atomic E-state index is -0.404. The maximum atomic E-state index is 11.8. The predicted octanol–water partition coefficient (Wildman–Crippen LogP) is 4.24. The highest BCUT2D eigenvalue weighted by Crippen LogP contribution is 2.34. The van der Waals surface area contributed by atoms with Gasteiger partial charge in [0.2, 0.25) is 0 Å². The fourth-order valence-corrected chi connectivity index (χ4v) is 2.71. The SMILES string of the molecule is CCOC(=O)c1cnc(-c2ccc(C)c(-c3ccccc3OC)c2)[nH]1. The molecule has 0 unspecified atom stereocenters. The summed E-state index contributed by atoms with van der Waals surface area (Å²) in [5, 5.41) is 0. The quantitative estimate of drug-likeness (QED) is 0.708. The van der Waals surface area contributed by atoms with E-state index in [-0.39, 0.29) is 0 Å². The summed E-state index contributed by atoms with van der Waals surface area (Å²) in [5.41, 5.74) is 4.44. The van der Waals surface area contributed by atoms with Crippen LogP contribution in [0.4, 0.5) is 0 Å². The van der Waals surface area contributed by atoms with Gasteiger partial charge in [-0.05, 0) is 37.1 Å². The highest BCUT2D eigenvalue weighted by Gasteiger charge is 2.14. The molecule has 1 aromatic heterocycles. The molecule has 0 aliphatic rings. The van der Waals surface area contributed by atoms with Crippen LogP contribution in [-0.2, 0) is 4.74 Å². The number of aromatic nitrogens is 2. The lowest BCUT2D eigenvalue weighted by Crippen LogP contribution is -2.04. The Labute approximate surface area is 146 Å². The van der Waals surface area contributed by atoms with Gasteiger partial charge in [0.25, 0.3) is 0 Å². The lowest BCUT2D eigenvalue weighted by Gasteiger charge is -2.12. The number of para-hydroxylation sites is 1. The van der Waals surface area contributed by atoms with E-state index in [2.05, 4.69) is 16.9 Å². The Kier molecular flexibility index (Phi) is 4.84. The number of benzene rings is 2. The van der Waals surface area contributed by atoms with Crippen molar-refractivity contribution in [2.75, 3.05) is 13.7 Å². The number of nitrogens with zero attached hydrogens (tertiary/aromatic N) is 1. The number of rotatable bonds is 5. The Morgan fingerprint density at radius 3 is 2.72 bits per heavy atom. The fourth-order valence-electron chi connectivity index (χ4n) is 2.71. The second-order valence-electron chi connectivity index (χ2n) is 5.60. The maximum absolute atomic E-state index is 11.8. The number of carbonyl (C=O) groups is 1. The third-order valence-corrected chi connectivity index (χ3v) is 3.98. The third kappa shape index (κ3) is 3.40. The summed E-state index contributed by atoms with van der Waals surface area (Å²) < 4.78 is 10.5. The first-order valence-electron chi connectivity index (χ1n) is 8.10. The number of hydrogen-bond donors (Lipinski definition) is 1. The van der Waals surface area contributed by atoms with E-state index in [1.54, 1.807) is 14.0 Å². The lowest BCUT2D eigenvalue weighted by atomic mass is 9.97. The molecule has 5 nitrogen and oxygen atoms in total. The molecule has 0 atom stereocenters. The van der Waals surface area contributed by atoms with Gasteiger partial charge in [-0.25, -0.2) is 9.78 Å². The second kappa shape index (κ2) is 7.21. The van der Waals surface area contributed by atoms with E-state index in [0.717, 1.165) is 28.0 Å². The number of aromatic amines is 1. The summed E-state index contributed by atoms with van der Waals surface area (Å²) >= 11 is 0. The van der Waals surface area contributed by atoms with Crippen LogP contribution >= 0.6 is 0 Å². The average Bonchev–Trinajstić information content (AvgIpc) is 3.12. The predicted molar refractivity (Wildman–Crippen MR) is 96.7 cm³/mol. The molecule has 128 valence electrons. The van der Waals surface area contributed by atoms with E-state index >= 15 is 0 Å². The number of ether oxygens (including phenoxy) is 2. The van der Waals surface area contributed by atoms with E-state index in [1.807, 2.05) is 42.5 Å². The van der Waals surface area contributed by atoms with Crippen molar-refractivity contribution in [2.45, 2.75) is 13.8 Å². The first-order valence-corrected chi connectivity index (χ1v) is 8.10. The summed E-state index contributed by atoms with van der Waals surface area (Å²) in [6.07, 6.45) is 1.50. The van der Waals surface area contributed by atoms with E-state index in [4.69, 9.17) is 9.47 Å². The number of esters is 1. The molecule has 3 aromatic rings. The molecule has 0 aliphatic heterocycles. The number of imidazole rings is 1. The van der Waals surface area contributed by atoms with Crippen molar-refractivity contribution in [1.29, 1.82) is 0 Å². The minimum Gasteiger partial charge on any atom is -0.496 e. The zero-order valence-electron chi connectivity index (χ0n) is 14.5. The molecule has 0 saturated heterocycles. The van der Waals surface area contributed by atoms with E-state index in [1.165, 1.54) is 6.20 Å². The van der Waals surface area contributed by atoms with Crippen molar-refractivity contribution in [3.05, 3.63) is 59.9 Å². The molecule has 0 radical (unpaired) electrons. The summed E-state index contributed by atoms with van der Waals surface area (Å²) in [7, 11) is 1.66. The molecular weight excluding hydrogens is 316 g/mol. The molecule has 1 heterocycles. The van der Waals surface area contributed by atoms with E-state index in [9.17, 15) is 4.79 Å². The Bertz CT molecular complexity index is 899. The zero-order chi connectivity index (χ0) is 17.8. The lowest BCUT2D eigenvalue weighted by molar-refractivity contribution is 0.0520. The van der Waals surface area contributed by atoms with Gasteiger partial charge < -0.3 is 14.5 Å². The summed E-state index contributed by atoms with van der Waals surface area (Å²) in [5.74, 6) is 1.03. The van der Waals surface area contributed by atoms with Crippen molar-refractivity contribution in [1.82, 2.24) is 9.97 Å². The number of carbonyl (C=O) groups excluding carboxylic acids is 1. The number of H-pyrrole nitrogens is 1. The fraction of sp³-hybridized carbons (Fsp3) is 0.200. The molecule has 1 N–H and O–H groups in total. The van der Waals surface area contributed by atoms with Gasteiger partial charge in [0.1, 0.15) is 17.3 Å². The normalized spacial score (nSPS) is 10.5.